The van der Waals surface area contributed by atoms with Gasteiger partial charge in [0.05, 0.1) is 17.8 Å². The molecule has 144 valence electrons. The zero-order valence-corrected chi connectivity index (χ0v) is 15.1. The molecule has 10 heteroatoms. The van der Waals surface area contributed by atoms with E-state index in [0.29, 0.717) is 6.42 Å². The summed E-state index contributed by atoms with van der Waals surface area (Å²) in [5.41, 5.74) is 2.39. The first-order valence-corrected chi connectivity index (χ1v) is 8.33. The van der Waals surface area contributed by atoms with Crippen molar-refractivity contribution < 1.29 is 18.0 Å². The number of hydrogen-bond donors (Lipinski definition) is 1. The predicted octanol–water partition coefficient (Wildman–Crippen LogP) is 2.35. The van der Waals surface area contributed by atoms with Gasteiger partial charge in [-0.1, -0.05) is 0 Å². The maximum absolute atomic E-state index is 12.9. The van der Waals surface area contributed by atoms with Gasteiger partial charge in [-0.05, 0) is 38.0 Å². The van der Waals surface area contributed by atoms with E-state index in [2.05, 4.69) is 20.6 Å². The van der Waals surface area contributed by atoms with Crippen molar-refractivity contribution in [1.82, 2.24) is 29.7 Å². The van der Waals surface area contributed by atoms with Crippen LogP contribution in [0.1, 0.15) is 34.8 Å². The summed E-state index contributed by atoms with van der Waals surface area (Å²) in [6.45, 7) is 3.82. The number of pyridine rings is 1. The van der Waals surface area contributed by atoms with Gasteiger partial charge < -0.3 is 5.32 Å². The van der Waals surface area contributed by atoms with Crippen molar-refractivity contribution in [2.24, 2.45) is 7.05 Å². The lowest BCUT2D eigenvalue weighted by Gasteiger charge is -2.08. The lowest BCUT2D eigenvalue weighted by molar-refractivity contribution is -0.137. The Balaban J connectivity index is 1.65. The van der Waals surface area contributed by atoms with E-state index in [1.807, 2.05) is 20.9 Å². The molecule has 27 heavy (non-hydrogen) atoms. The van der Waals surface area contributed by atoms with Crippen molar-refractivity contribution >= 4 is 11.6 Å². The van der Waals surface area contributed by atoms with Crippen LogP contribution in [0.25, 0.3) is 5.65 Å². The van der Waals surface area contributed by atoms with Crippen LogP contribution < -0.4 is 5.32 Å². The molecule has 0 aliphatic rings. The average Bonchev–Trinajstić information content (AvgIpc) is 3.11. The summed E-state index contributed by atoms with van der Waals surface area (Å²) >= 11 is 0. The van der Waals surface area contributed by atoms with E-state index in [9.17, 15) is 18.0 Å². The molecule has 3 heterocycles. The number of halogens is 3. The van der Waals surface area contributed by atoms with E-state index in [4.69, 9.17) is 0 Å². The highest BCUT2D eigenvalue weighted by Crippen LogP contribution is 2.29. The average molecular weight is 380 g/mol. The van der Waals surface area contributed by atoms with Gasteiger partial charge in [0, 0.05) is 25.4 Å². The molecule has 0 saturated heterocycles. The first kappa shape index (κ1) is 18.9. The Kier molecular flexibility index (Phi) is 4.90. The summed E-state index contributed by atoms with van der Waals surface area (Å²) in [7, 11) is 1.84. The van der Waals surface area contributed by atoms with E-state index in [1.165, 1.54) is 10.5 Å². The van der Waals surface area contributed by atoms with Gasteiger partial charge in [-0.3, -0.25) is 13.9 Å². The minimum Gasteiger partial charge on any atom is -0.349 e. The Morgan fingerprint density at radius 1 is 1.22 bits per heavy atom. The van der Waals surface area contributed by atoms with Crippen molar-refractivity contribution in [3.63, 3.8) is 0 Å². The maximum Gasteiger partial charge on any atom is 0.417 e. The number of nitrogens with one attached hydrogen (secondary N) is 1. The van der Waals surface area contributed by atoms with Gasteiger partial charge in [-0.25, -0.2) is 0 Å². The summed E-state index contributed by atoms with van der Waals surface area (Å²) in [5.74, 6) is 0.0135. The Morgan fingerprint density at radius 2 is 1.96 bits per heavy atom. The lowest BCUT2D eigenvalue weighted by Crippen LogP contribution is -2.24. The van der Waals surface area contributed by atoms with E-state index in [1.54, 1.807) is 4.68 Å². The number of aromatic nitrogens is 5. The second kappa shape index (κ2) is 7.01. The van der Waals surface area contributed by atoms with Crippen LogP contribution in [0.5, 0.6) is 0 Å². The third-order valence-corrected chi connectivity index (χ3v) is 4.50. The standard InChI is InChI=1S/C17H19F3N6O/c1-10-13(11(2)25(3)24-10)5-7-16(27)21-8-15-23-22-14-6-4-12(9-26(14)15)17(18,19)20/h4,6,9H,5,7-8H2,1-3H3,(H,21,27). The smallest absolute Gasteiger partial charge is 0.349 e. The number of amides is 1. The van der Waals surface area contributed by atoms with Crippen molar-refractivity contribution in [1.29, 1.82) is 0 Å². The second-order valence-electron chi connectivity index (χ2n) is 6.31. The van der Waals surface area contributed by atoms with Gasteiger partial charge in [0.15, 0.2) is 11.5 Å². The third-order valence-electron chi connectivity index (χ3n) is 4.50. The summed E-state index contributed by atoms with van der Waals surface area (Å²) in [6.07, 6.45) is -2.74. The Hall–Kier alpha value is -2.91. The minimum absolute atomic E-state index is 0.00762. The molecule has 0 aromatic carbocycles. The Morgan fingerprint density at radius 3 is 2.59 bits per heavy atom. The molecule has 0 spiro atoms. The van der Waals surface area contributed by atoms with Crippen LogP contribution in [0, 0.1) is 13.8 Å². The molecule has 1 N–H and O–H groups in total. The van der Waals surface area contributed by atoms with Crippen LogP contribution >= 0.6 is 0 Å². The third kappa shape index (κ3) is 3.93. The normalized spacial score (nSPS) is 11.9. The van der Waals surface area contributed by atoms with Gasteiger partial charge >= 0.3 is 6.18 Å². The van der Waals surface area contributed by atoms with Gasteiger partial charge in [0.1, 0.15) is 0 Å². The molecule has 1 amide bonds. The molecule has 0 fully saturated rings. The van der Waals surface area contributed by atoms with Crippen molar-refractivity contribution in [3.8, 4) is 0 Å². The number of hydrogen-bond acceptors (Lipinski definition) is 4. The largest absolute Gasteiger partial charge is 0.417 e. The first-order valence-electron chi connectivity index (χ1n) is 8.33. The van der Waals surface area contributed by atoms with E-state index < -0.39 is 11.7 Å². The lowest BCUT2D eigenvalue weighted by atomic mass is 10.1. The molecule has 0 radical (unpaired) electrons. The van der Waals surface area contributed by atoms with Crippen LogP contribution in [0.2, 0.25) is 0 Å². The zero-order chi connectivity index (χ0) is 19.8. The Bertz CT molecular complexity index is 989. The Labute approximate surface area is 153 Å². The number of aryl methyl sites for hydroxylation is 2. The predicted molar refractivity (Wildman–Crippen MR) is 90.8 cm³/mol. The van der Waals surface area contributed by atoms with Crippen LogP contribution in [-0.4, -0.2) is 30.3 Å². The van der Waals surface area contributed by atoms with Gasteiger partial charge in [0.2, 0.25) is 5.91 Å². The fourth-order valence-electron chi connectivity index (χ4n) is 2.91. The fraction of sp³-hybridized carbons (Fsp3) is 0.412. The molecular weight excluding hydrogens is 361 g/mol. The molecule has 0 unspecified atom stereocenters. The topological polar surface area (TPSA) is 77.1 Å². The molecule has 0 atom stereocenters. The first-order chi connectivity index (χ1) is 12.7. The molecule has 0 aliphatic heterocycles. The SMILES string of the molecule is Cc1nn(C)c(C)c1CCC(=O)NCc1nnc2ccc(C(F)(F)F)cn12. The van der Waals surface area contributed by atoms with E-state index in [-0.39, 0.29) is 30.3 Å². The number of nitrogens with zero attached hydrogens (tertiary/aromatic N) is 5. The van der Waals surface area contributed by atoms with E-state index >= 15 is 0 Å². The van der Waals surface area contributed by atoms with Crippen molar-refractivity contribution in [2.75, 3.05) is 0 Å². The number of alkyl halides is 3. The number of carbonyl (C=O) groups is 1. The molecular formula is C17H19F3N6O. The van der Waals surface area contributed by atoms with Crippen LogP contribution in [0.15, 0.2) is 18.3 Å². The fourth-order valence-corrected chi connectivity index (χ4v) is 2.91. The summed E-state index contributed by atoms with van der Waals surface area (Å²) in [5, 5.41) is 14.7. The summed E-state index contributed by atoms with van der Waals surface area (Å²) in [6, 6.07) is 2.19. The quantitative estimate of drug-likeness (QED) is 0.737. The highest BCUT2D eigenvalue weighted by molar-refractivity contribution is 5.76. The molecule has 3 rings (SSSR count). The van der Waals surface area contributed by atoms with E-state index in [0.717, 1.165) is 29.2 Å². The summed E-state index contributed by atoms with van der Waals surface area (Å²) < 4.78 is 41.6. The van der Waals surface area contributed by atoms with Crippen molar-refractivity contribution in [3.05, 3.63) is 46.7 Å². The molecule has 7 nitrogen and oxygen atoms in total. The monoisotopic (exact) mass is 380 g/mol. The van der Waals surface area contributed by atoms with Crippen LogP contribution in [-0.2, 0) is 31.0 Å². The molecule has 0 saturated carbocycles. The van der Waals surface area contributed by atoms with Gasteiger partial charge in [-0.2, -0.15) is 18.3 Å². The highest BCUT2D eigenvalue weighted by Gasteiger charge is 2.31. The van der Waals surface area contributed by atoms with Gasteiger partial charge in [0.25, 0.3) is 0 Å². The highest BCUT2D eigenvalue weighted by atomic mass is 19.4. The van der Waals surface area contributed by atoms with Crippen LogP contribution in [0.4, 0.5) is 13.2 Å². The maximum atomic E-state index is 12.9. The number of carbonyl (C=O) groups excluding carboxylic acids is 1. The minimum atomic E-state index is -4.46. The number of rotatable bonds is 5. The van der Waals surface area contributed by atoms with Crippen LogP contribution in [0.3, 0.4) is 0 Å². The van der Waals surface area contributed by atoms with Crippen molar-refractivity contribution in [2.45, 2.75) is 39.4 Å². The molecule has 0 aliphatic carbocycles. The van der Waals surface area contributed by atoms with Gasteiger partial charge in [-0.15, -0.1) is 10.2 Å². The molecule has 0 bridgehead atoms. The molecule has 3 aromatic heterocycles. The second-order valence-corrected chi connectivity index (χ2v) is 6.31. The zero-order valence-electron chi connectivity index (χ0n) is 15.1. The molecule has 3 aromatic rings. The number of fused-ring (bicyclic) bond motifs is 1. The summed E-state index contributed by atoms with van der Waals surface area (Å²) in [4.78, 5) is 12.1.